The van der Waals surface area contributed by atoms with Crippen LogP contribution in [0.15, 0.2) is 12.3 Å². The van der Waals surface area contributed by atoms with Crippen LogP contribution in [0, 0.1) is 0 Å². The zero-order chi connectivity index (χ0) is 16.9. The molecule has 0 aromatic carbocycles. The van der Waals surface area contributed by atoms with Crippen LogP contribution in [0.4, 0.5) is 5.69 Å². The van der Waals surface area contributed by atoms with E-state index in [0.717, 1.165) is 5.19 Å². The third-order valence-corrected chi connectivity index (χ3v) is 16.7. The SMILES string of the molecule is C[Si](C)(C)c1cc(N2[Si](C)(C)CC[Si]2(C)C)cnc1C(=O)O. The van der Waals surface area contributed by atoms with Crippen LogP contribution in [0.25, 0.3) is 0 Å². The molecule has 1 aromatic heterocycles. The average Bonchev–Trinajstić information content (AvgIpc) is 2.56. The molecule has 1 N–H and O–H groups in total. The van der Waals surface area contributed by atoms with Gasteiger partial charge in [-0.3, -0.25) is 0 Å². The second-order valence-corrected chi connectivity index (χ2v) is 23.2. The van der Waals surface area contributed by atoms with Gasteiger partial charge in [0.25, 0.3) is 0 Å². The first kappa shape index (κ1) is 17.4. The first-order valence-corrected chi connectivity index (χ1v) is 17.7. The molecule has 7 heteroatoms. The van der Waals surface area contributed by atoms with Crippen molar-refractivity contribution in [1.82, 2.24) is 4.98 Å². The fourth-order valence-electron chi connectivity index (χ4n) is 3.67. The van der Waals surface area contributed by atoms with E-state index in [9.17, 15) is 9.90 Å². The van der Waals surface area contributed by atoms with Gasteiger partial charge in [-0.25, -0.2) is 9.78 Å². The van der Waals surface area contributed by atoms with Crippen molar-refractivity contribution in [2.45, 2.75) is 57.9 Å². The minimum absolute atomic E-state index is 0.251. The lowest BCUT2D eigenvalue weighted by Crippen LogP contribution is -2.56. The summed E-state index contributed by atoms with van der Waals surface area (Å²) < 4.78 is 2.70. The summed E-state index contributed by atoms with van der Waals surface area (Å²) in [6.07, 6.45) is 1.81. The van der Waals surface area contributed by atoms with Gasteiger partial charge in [0, 0.05) is 11.9 Å². The van der Waals surface area contributed by atoms with Crippen molar-refractivity contribution < 1.29 is 9.90 Å². The van der Waals surface area contributed by atoms with Crippen LogP contribution in [0.1, 0.15) is 10.5 Å². The molecule has 0 amide bonds. The zero-order valence-electron chi connectivity index (χ0n) is 14.8. The summed E-state index contributed by atoms with van der Waals surface area (Å²) in [5.74, 6) is -0.904. The van der Waals surface area contributed by atoms with Crippen LogP contribution in [0.5, 0.6) is 0 Å². The van der Waals surface area contributed by atoms with Crippen molar-refractivity contribution >= 4 is 41.4 Å². The quantitative estimate of drug-likeness (QED) is 0.845. The van der Waals surface area contributed by atoms with Gasteiger partial charge in [0.15, 0.2) is 0 Å². The number of aromatic nitrogens is 1. The normalized spacial score (nSPS) is 20.2. The number of rotatable bonds is 3. The highest BCUT2D eigenvalue weighted by atomic mass is 28.4. The highest BCUT2D eigenvalue weighted by Crippen LogP contribution is 2.40. The largest absolute Gasteiger partial charge is 0.477 e. The molecule has 0 unspecified atom stereocenters. The van der Waals surface area contributed by atoms with Crippen molar-refractivity contribution in [2.75, 3.05) is 4.23 Å². The third kappa shape index (κ3) is 3.07. The first-order chi connectivity index (χ1) is 9.86. The second kappa shape index (κ2) is 5.31. The number of carboxylic acid groups (broad SMARTS) is 1. The van der Waals surface area contributed by atoms with E-state index in [-0.39, 0.29) is 5.69 Å². The van der Waals surface area contributed by atoms with Gasteiger partial charge in [-0.15, -0.1) is 0 Å². The molecule has 1 aliphatic heterocycles. The lowest BCUT2D eigenvalue weighted by Gasteiger charge is -2.41. The van der Waals surface area contributed by atoms with E-state index in [2.05, 4.69) is 61.1 Å². The first-order valence-electron chi connectivity index (χ1n) is 7.90. The molecular formula is C15H28N2O2Si3. The highest BCUT2D eigenvalue weighted by molar-refractivity contribution is 7.04. The fraction of sp³-hybridized carbons (Fsp3) is 0.600. The number of carboxylic acids is 1. The molecule has 0 spiro atoms. The number of pyridine rings is 1. The predicted molar refractivity (Wildman–Crippen MR) is 101 cm³/mol. The van der Waals surface area contributed by atoms with Crippen LogP contribution in [0.3, 0.4) is 0 Å². The van der Waals surface area contributed by atoms with Crippen molar-refractivity contribution in [3.05, 3.63) is 18.0 Å². The van der Waals surface area contributed by atoms with Gasteiger partial charge >= 0.3 is 5.97 Å². The second-order valence-electron chi connectivity index (χ2n) is 8.61. The summed E-state index contributed by atoms with van der Waals surface area (Å²) in [6.45, 7) is 16.3. The highest BCUT2D eigenvalue weighted by Gasteiger charge is 2.47. The Bertz CT molecular complexity index is 593. The Balaban J connectivity index is 2.61. The number of aromatic carboxylic acids is 1. The van der Waals surface area contributed by atoms with E-state index in [1.165, 1.54) is 17.8 Å². The molecular weight excluding hydrogens is 324 g/mol. The van der Waals surface area contributed by atoms with Gasteiger partial charge in [-0.2, -0.15) is 0 Å². The Hall–Kier alpha value is -0.929. The van der Waals surface area contributed by atoms with E-state index < -0.39 is 30.5 Å². The molecule has 1 aliphatic rings. The fourth-order valence-corrected chi connectivity index (χ4v) is 19.3. The smallest absolute Gasteiger partial charge is 0.354 e. The van der Waals surface area contributed by atoms with Gasteiger partial charge < -0.3 is 9.34 Å². The molecule has 2 rings (SSSR count). The predicted octanol–water partition coefficient (Wildman–Crippen LogP) is 3.56. The maximum atomic E-state index is 11.5. The molecule has 2 heterocycles. The summed E-state index contributed by atoms with van der Waals surface area (Å²) in [7, 11) is -4.65. The van der Waals surface area contributed by atoms with Crippen molar-refractivity contribution in [3.8, 4) is 0 Å². The summed E-state index contributed by atoms with van der Waals surface area (Å²) in [5, 5.41) is 10.4. The maximum Gasteiger partial charge on any atom is 0.354 e. The van der Waals surface area contributed by atoms with Crippen molar-refractivity contribution in [1.29, 1.82) is 0 Å². The van der Waals surface area contributed by atoms with E-state index in [1.54, 1.807) is 0 Å². The maximum absolute atomic E-state index is 11.5. The minimum atomic E-state index is -1.75. The van der Waals surface area contributed by atoms with E-state index in [4.69, 9.17) is 0 Å². The van der Waals surface area contributed by atoms with Gasteiger partial charge in [0.1, 0.15) is 22.2 Å². The summed E-state index contributed by atoms with van der Waals surface area (Å²) in [6, 6.07) is 4.81. The molecule has 1 fully saturated rings. The Morgan fingerprint density at radius 1 is 1.18 bits per heavy atom. The minimum Gasteiger partial charge on any atom is -0.477 e. The third-order valence-electron chi connectivity index (χ3n) is 4.70. The lowest BCUT2D eigenvalue weighted by molar-refractivity contribution is 0.0692. The molecule has 4 nitrogen and oxygen atoms in total. The van der Waals surface area contributed by atoms with Crippen LogP contribution in [0.2, 0.25) is 57.9 Å². The molecule has 0 radical (unpaired) electrons. The average molecular weight is 353 g/mol. The molecule has 0 saturated carbocycles. The molecule has 122 valence electrons. The number of carbonyl (C=O) groups is 1. The number of anilines is 1. The van der Waals surface area contributed by atoms with Crippen molar-refractivity contribution in [2.24, 2.45) is 0 Å². The van der Waals surface area contributed by atoms with Crippen LogP contribution < -0.4 is 9.42 Å². The van der Waals surface area contributed by atoms with Gasteiger partial charge in [-0.05, 0) is 23.3 Å². The number of hydrogen-bond donors (Lipinski definition) is 1. The Morgan fingerprint density at radius 3 is 2.09 bits per heavy atom. The van der Waals surface area contributed by atoms with E-state index >= 15 is 0 Å². The number of hydrogen-bond acceptors (Lipinski definition) is 3. The molecule has 1 aromatic rings. The summed E-state index contributed by atoms with van der Waals surface area (Å²) >= 11 is 0. The molecule has 0 bridgehead atoms. The van der Waals surface area contributed by atoms with Gasteiger partial charge in [0.05, 0.1) is 8.07 Å². The Kier molecular flexibility index (Phi) is 4.21. The standard InChI is InChI=1S/C15H28N2O2Si3/c1-20(2,3)13-10-12(11-16-14(13)15(18)19)17-21(4,5)8-9-22(17,6)7/h10-11H,8-9H2,1-7H3,(H,18,19). The topological polar surface area (TPSA) is 53.4 Å². The van der Waals surface area contributed by atoms with Crippen LogP contribution in [-0.4, -0.2) is 40.6 Å². The van der Waals surface area contributed by atoms with Gasteiger partial charge in [-0.1, -0.05) is 45.8 Å². The monoisotopic (exact) mass is 352 g/mol. The van der Waals surface area contributed by atoms with Crippen molar-refractivity contribution in [3.63, 3.8) is 0 Å². The zero-order valence-corrected chi connectivity index (χ0v) is 17.8. The summed E-state index contributed by atoms with van der Waals surface area (Å²) in [5.41, 5.74) is 1.43. The molecule has 1 saturated heterocycles. The van der Waals surface area contributed by atoms with Gasteiger partial charge in [0.2, 0.25) is 0 Å². The van der Waals surface area contributed by atoms with E-state index in [0.29, 0.717) is 0 Å². The molecule has 0 atom stereocenters. The van der Waals surface area contributed by atoms with Crippen LogP contribution in [-0.2, 0) is 0 Å². The molecule has 22 heavy (non-hydrogen) atoms. The molecule has 0 aliphatic carbocycles. The number of nitrogens with zero attached hydrogens (tertiary/aromatic N) is 2. The van der Waals surface area contributed by atoms with Crippen LogP contribution >= 0.6 is 0 Å². The summed E-state index contributed by atoms with van der Waals surface area (Å²) in [4.78, 5) is 15.9. The Labute approximate surface area is 136 Å². The lowest BCUT2D eigenvalue weighted by atomic mass is 10.3. The van der Waals surface area contributed by atoms with E-state index in [1.807, 2.05) is 6.20 Å². The Morgan fingerprint density at radius 2 is 1.68 bits per heavy atom.